The topological polar surface area (TPSA) is 32.9 Å². The number of rotatable bonds is 5. The highest BCUT2D eigenvalue weighted by atomic mass is 16.3. The predicted molar refractivity (Wildman–Crippen MR) is 278 cm³/mol. The summed E-state index contributed by atoms with van der Waals surface area (Å²) in [6, 6.07) is 70.7. The molecule has 0 saturated heterocycles. The van der Waals surface area contributed by atoms with Gasteiger partial charge in [0.2, 0.25) is 0 Å². The second kappa shape index (κ2) is 14.0. The number of furan rings is 1. The standard InChI is InChI=1S/C61H42N4O/c1-3-17-50-42(4-2)48-36-40(28-32-54(48)62(50)38-18-7-5-8-19-38)64-52-26-15-12-23-46(52)58-56(64)34-30-44-45-31-35-57-59(61(45)66-60(44)58)47-24-13-16-27-53(47)65(57)41-29-33-55-49(37-41)43-22-11-14-25-51(43)63(55)39-20-9-6-10-21-39/h4-37H,3H2,1-2H3/b42-4-,50-17+. The molecule has 5 nitrogen and oxygen atoms in total. The molecule has 0 aliphatic carbocycles. The number of para-hydroxylation sites is 5. The van der Waals surface area contributed by atoms with E-state index in [1.807, 2.05) is 0 Å². The molecular weight excluding hydrogens is 805 g/mol. The van der Waals surface area contributed by atoms with E-state index >= 15 is 0 Å². The van der Waals surface area contributed by atoms with Crippen molar-refractivity contribution in [3.8, 4) is 22.7 Å². The summed E-state index contributed by atoms with van der Waals surface area (Å²) in [7, 11) is 0. The van der Waals surface area contributed by atoms with Gasteiger partial charge in [0.1, 0.15) is 11.2 Å². The summed E-state index contributed by atoms with van der Waals surface area (Å²) in [5.41, 5.74) is 14.5. The maximum atomic E-state index is 7.33. The normalized spacial score (nSPS) is 12.9. The molecule has 5 aromatic heterocycles. The number of hydrogen-bond acceptors (Lipinski definition) is 1. The molecule has 14 rings (SSSR count). The lowest BCUT2D eigenvalue weighted by atomic mass is 10.1. The van der Waals surface area contributed by atoms with Gasteiger partial charge in [0.25, 0.3) is 0 Å². The van der Waals surface area contributed by atoms with Gasteiger partial charge in [-0.15, -0.1) is 0 Å². The second-order valence-electron chi connectivity index (χ2n) is 17.4. The molecule has 0 saturated carbocycles. The van der Waals surface area contributed by atoms with E-state index in [9.17, 15) is 0 Å². The molecule has 0 radical (unpaired) electrons. The van der Waals surface area contributed by atoms with E-state index in [2.05, 4.69) is 238 Å². The van der Waals surface area contributed by atoms with Gasteiger partial charge in [0.05, 0.1) is 49.4 Å². The zero-order valence-electron chi connectivity index (χ0n) is 36.5. The van der Waals surface area contributed by atoms with Crippen molar-refractivity contribution in [1.82, 2.24) is 18.3 Å². The number of fused-ring (bicyclic) bond motifs is 15. The average Bonchev–Trinajstić information content (AvgIpc) is 4.16. The zero-order chi connectivity index (χ0) is 43.6. The van der Waals surface area contributed by atoms with Crippen molar-refractivity contribution in [2.24, 2.45) is 0 Å². The SMILES string of the molecule is C/C=c1\c(=C/CC)n(-c2ccccc2)c2ccc(-n3c4ccccc4c4c5oc6c(ccc7c6c6ccccc6n7-c6ccc7c(c6)c6ccccc6n7-c6ccccc6)c5ccc43)cc12. The van der Waals surface area contributed by atoms with Gasteiger partial charge < -0.3 is 22.7 Å². The number of nitrogens with zero attached hydrogens (tertiary/aromatic N) is 4. The van der Waals surface area contributed by atoms with E-state index in [4.69, 9.17) is 4.42 Å². The van der Waals surface area contributed by atoms with Crippen LogP contribution < -0.4 is 10.6 Å². The Labute approximate surface area is 379 Å². The Morgan fingerprint density at radius 2 is 0.788 bits per heavy atom. The molecule has 0 amide bonds. The Morgan fingerprint density at radius 1 is 0.364 bits per heavy atom. The maximum absolute atomic E-state index is 7.33. The lowest BCUT2D eigenvalue weighted by Gasteiger charge is -2.10. The van der Waals surface area contributed by atoms with Gasteiger partial charge in [-0.05, 0) is 116 Å². The average molecular weight is 847 g/mol. The maximum Gasteiger partial charge on any atom is 0.145 e. The van der Waals surface area contributed by atoms with Crippen molar-refractivity contribution >= 4 is 110 Å². The van der Waals surface area contributed by atoms with Crippen LogP contribution >= 0.6 is 0 Å². The fraction of sp³-hybridized carbons (Fsp3) is 0.0492. The third-order valence-electron chi connectivity index (χ3n) is 14.0. The van der Waals surface area contributed by atoms with Crippen LogP contribution in [0.1, 0.15) is 20.3 Å². The van der Waals surface area contributed by atoms with Gasteiger partial charge in [0.15, 0.2) is 0 Å². The van der Waals surface area contributed by atoms with Gasteiger partial charge in [-0.25, -0.2) is 0 Å². The third-order valence-corrected chi connectivity index (χ3v) is 14.0. The summed E-state index contributed by atoms with van der Waals surface area (Å²) >= 11 is 0. The molecule has 0 spiro atoms. The van der Waals surface area contributed by atoms with Crippen LogP contribution in [0.25, 0.3) is 133 Å². The summed E-state index contributed by atoms with van der Waals surface area (Å²) < 4.78 is 17.0. The molecule has 0 unspecified atom stereocenters. The first-order chi connectivity index (χ1) is 32.7. The molecule has 0 aliphatic heterocycles. The summed E-state index contributed by atoms with van der Waals surface area (Å²) in [5.74, 6) is 0. The highest BCUT2D eigenvalue weighted by Gasteiger charge is 2.24. The largest absolute Gasteiger partial charge is 0.455 e. The Kier molecular flexibility index (Phi) is 7.81. The lowest BCUT2D eigenvalue weighted by molar-refractivity contribution is 0.677. The van der Waals surface area contributed by atoms with Crippen molar-refractivity contribution in [3.05, 3.63) is 205 Å². The molecule has 0 fully saturated rings. The Balaban J connectivity index is 1.01. The van der Waals surface area contributed by atoms with Crippen LogP contribution in [0.5, 0.6) is 0 Å². The summed E-state index contributed by atoms with van der Waals surface area (Å²) in [4.78, 5) is 0. The molecular formula is C61H42N4O. The van der Waals surface area contributed by atoms with Crippen molar-refractivity contribution in [3.63, 3.8) is 0 Å². The molecule has 9 aromatic carbocycles. The van der Waals surface area contributed by atoms with Crippen molar-refractivity contribution in [1.29, 1.82) is 0 Å². The van der Waals surface area contributed by atoms with Crippen LogP contribution in [0.3, 0.4) is 0 Å². The van der Waals surface area contributed by atoms with Crippen LogP contribution in [0.15, 0.2) is 199 Å². The van der Waals surface area contributed by atoms with Crippen LogP contribution in [0, 0.1) is 0 Å². The number of benzene rings is 9. The quantitative estimate of drug-likeness (QED) is 0.170. The Hall–Kier alpha value is -8.54. The van der Waals surface area contributed by atoms with E-state index in [1.165, 1.54) is 54.0 Å². The summed E-state index contributed by atoms with van der Waals surface area (Å²) in [5, 5.41) is 13.0. The number of aromatic nitrogens is 4. The zero-order valence-corrected chi connectivity index (χ0v) is 36.5. The van der Waals surface area contributed by atoms with Gasteiger partial charge in [0, 0.05) is 71.0 Å². The van der Waals surface area contributed by atoms with Crippen molar-refractivity contribution in [2.75, 3.05) is 0 Å². The molecule has 66 heavy (non-hydrogen) atoms. The van der Waals surface area contributed by atoms with Crippen molar-refractivity contribution in [2.45, 2.75) is 20.3 Å². The predicted octanol–water partition coefficient (Wildman–Crippen LogP) is 14.8. The van der Waals surface area contributed by atoms with Gasteiger partial charge >= 0.3 is 0 Å². The van der Waals surface area contributed by atoms with E-state index in [0.717, 1.165) is 83.9 Å². The Bertz CT molecular complexity index is 4440. The minimum atomic E-state index is 0.912. The van der Waals surface area contributed by atoms with Crippen LogP contribution in [-0.2, 0) is 0 Å². The fourth-order valence-electron chi connectivity index (χ4n) is 11.3. The smallest absolute Gasteiger partial charge is 0.145 e. The van der Waals surface area contributed by atoms with Gasteiger partial charge in [-0.3, -0.25) is 0 Å². The fourth-order valence-corrected chi connectivity index (χ4v) is 11.3. The highest BCUT2D eigenvalue weighted by Crippen LogP contribution is 2.45. The first-order valence-corrected chi connectivity index (χ1v) is 23.0. The van der Waals surface area contributed by atoms with E-state index in [0.29, 0.717) is 0 Å². The van der Waals surface area contributed by atoms with Gasteiger partial charge in [-0.2, -0.15) is 0 Å². The van der Waals surface area contributed by atoms with Crippen molar-refractivity contribution < 1.29 is 4.42 Å². The number of hydrogen-bond donors (Lipinski definition) is 0. The van der Waals surface area contributed by atoms with E-state index < -0.39 is 0 Å². The highest BCUT2D eigenvalue weighted by molar-refractivity contribution is 6.29. The molecule has 5 heterocycles. The molecule has 312 valence electrons. The van der Waals surface area contributed by atoms with Crippen LogP contribution in [-0.4, -0.2) is 18.3 Å². The summed E-state index contributed by atoms with van der Waals surface area (Å²) in [6.45, 7) is 4.37. The summed E-state index contributed by atoms with van der Waals surface area (Å²) in [6.07, 6.45) is 5.55. The minimum absolute atomic E-state index is 0.912. The molecule has 5 heteroatoms. The van der Waals surface area contributed by atoms with E-state index in [-0.39, 0.29) is 0 Å². The third kappa shape index (κ3) is 5.00. The first-order valence-electron chi connectivity index (χ1n) is 23.0. The molecule has 14 aromatic rings. The van der Waals surface area contributed by atoms with E-state index in [1.54, 1.807) is 0 Å². The lowest BCUT2D eigenvalue weighted by Crippen LogP contribution is -2.28. The molecule has 0 atom stereocenters. The van der Waals surface area contributed by atoms with Gasteiger partial charge in [-0.1, -0.05) is 110 Å². The first kappa shape index (κ1) is 36.9. The molecule has 0 bridgehead atoms. The van der Waals surface area contributed by atoms with Crippen LogP contribution in [0.2, 0.25) is 0 Å². The van der Waals surface area contributed by atoms with Crippen LogP contribution in [0.4, 0.5) is 0 Å². The molecule has 0 aliphatic rings. The molecule has 0 N–H and O–H groups in total. The minimum Gasteiger partial charge on any atom is -0.455 e. The Morgan fingerprint density at radius 3 is 1.33 bits per heavy atom. The monoisotopic (exact) mass is 846 g/mol. The second-order valence-corrected chi connectivity index (χ2v) is 17.4.